The minimum absolute atomic E-state index is 0.368. The molecular weight excluding hydrogens is 455 g/mol. The van der Waals surface area contributed by atoms with Crippen molar-refractivity contribution in [1.29, 1.82) is 0 Å². The molecule has 5 rings (SSSR count). The van der Waals surface area contributed by atoms with Crippen LogP contribution in [0.5, 0.6) is 0 Å². The van der Waals surface area contributed by atoms with Gasteiger partial charge in [0.25, 0.3) is 0 Å². The Morgan fingerprint density at radius 3 is 2.67 bits per heavy atom. The highest BCUT2D eigenvalue weighted by atomic mass is 19.1. The highest BCUT2D eigenvalue weighted by Crippen LogP contribution is 2.34. The van der Waals surface area contributed by atoms with E-state index in [0.717, 1.165) is 43.1 Å². The smallest absolute Gasteiger partial charge is 0.142 e. The summed E-state index contributed by atoms with van der Waals surface area (Å²) in [5.41, 5.74) is 5.71. The van der Waals surface area contributed by atoms with E-state index < -0.39 is 0 Å². The Kier molecular flexibility index (Phi) is 6.32. The van der Waals surface area contributed by atoms with Gasteiger partial charge in [0.2, 0.25) is 0 Å². The molecule has 0 saturated carbocycles. The first-order chi connectivity index (χ1) is 17.3. The first-order valence-corrected chi connectivity index (χ1v) is 12.0. The molecule has 9 heteroatoms. The third-order valence-electron chi connectivity index (χ3n) is 6.79. The predicted octanol–water partition coefficient (Wildman–Crippen LogP) is 4.37. The summed E-state index contributed by atoms with van der Waals surface area (Å²) in [4.78, 5) is 15.5. The van der Waals surface area contributed by atoms with Gasteiger partial charge in [0.15, 0.2) is 0 Å². The Balaban J connectivity index is 1.47. The Morgan fingerprint density at radius 2 is 1.92 bits per heavy atom. The molecule has 36 heavy (non-hydrogen) atoms. The second-order valence-corrected chi connectivity index (χ2v) is 9.45. The van der Waals surface area contributed by atoms with Gasteiger partial charge in [0, 0.05) is 75.0 Å². The van der Waals surface area contributed by atoms with E-state index in [1.165, 1.54) is 0 Å². The molecule has 1 aliphatic heterocycles. The quantitative estimate of drug-likeness (QED) is 0.419. The molecule has 8 nitrogen and oxygen atoms in total. The Morgan fingerprint density at radius 1 is 1.14 bits per heavy atom. The summed E-state index contributed by atoms with van der Waals surface area (Å²) in [6.07, 6.45) is 5.21. The highest BCUT2D eigenvalue weighted by Gasteiger charge is 2.21. The summed E-state index contributed by atoms with van der Waals surface area (Å²) >= 11 is 0. The van der Waals surface area contributed by atoms with Crippen LogP contribution in [-0.2, 0) is 0 Å². The van der Waals surface area contributed by atoms with Crippen LogP contribution in [0.4, 0.5) is 21.6 Å². The number of aromatic nitrogens is 4. The SMILES string of the molecule is C=C(Nc1nccc(N2CCN(C)CC2)c1C)c1n[nH]c2ccc(-c3cncc(N(C)C)c3)c(F)c12. The van der Waals surface area contributed by atoms with E-state index in [1.54, 1.807) is 24.7 Å². The number of hydrogen-bond donors (Lipinski definition) is 2. The lowest BCUT2D eigenvalue weighted by molar-refractivity contribution is 0.312. The molecule has 0 atom stereocenters. The molecule has 4 heterocycles. The average molecular weight is 487 g/mol. The van der Waals surface area contributed by atoms with Gasteiger partial charge >= 0.3 is 0 Å². The third kappa shape index (κ3) is 4.37. The topological polar surface area (TPSA) is 76.2 Å². The molecular formula is C27H31FN8. The summed E-state index contributed by atoms with van der Waals surface area (Å²) in [5, 5.41) is 11.0. The molecule has 0 unspecified atom stereocenters. The van der Waals surface area contributed by atoms with Crippen LogP contribution in [0.15, 0.2) is 49.4 Å². The number of anilines is 3. The molecule has 4 aromatic rings. The van der Waals surface area contributed by atoms with Crippen LogP contribution in [-0.4, -0.2) is 72.4 Å². The number of fused-ring (bicyclic) bond motifs is 1. The summed E-state index contributed by atoms with van der Waals surface area (Å²) < 4.78 is 15.9. The zero-order valence-corrected chi connectivity index (χ0v) is 21.1. The third-order valence-corrected chi connectivity index (χ3v) is 6.79. The van der Waals surface area contributed by atoms with Crippen LogP contribution in [0.2, 0.25) is 0 Å². The van der Waals surface area contributed by atoms with Crippen LogP contribution in [0, 0.1) is 12.7 Å². The highest BCUT2D eigenvalue weighted by molar-refractivity contribution is 5.96. The molecule has 0 amide bonds. The summed E-state index contributed by atoms with van der Waals surface area (Å²) in [6, 6.07) is 7.54. The number of likely N-dealkylation sites (N-methyl/N-ethyl adjacent to an activating group) is 1. The van der Waals surface area contributed by atoms with Crippen molar-refractivity contribution in [2.45, 2.75) is 6.92 Å². The fraction of sp³-hybridized carbons (Fsp3) is 0.296. The number of rotatable bonds is 6. The van der Waals surface area contributed by atoms with E-state index in [-0.39, 0.29) is 5.82 Å². The lowest BCUT2D eigenvalue weighted by Crippen LogP contribution is -2.44. The monoisotopic (exact) mass is 486 g/mol. The zero-order chi connectivity index (χ0) is 25.4. The molecule has 1 aromatic carbocycles. The van der Waals surface area contributed by atoms with Crippen molar-refractivity contribution in [1.82, 2.24) is 25.1 Å². The van der Waals surface area contributed by atoms with Crippen molar-refractivity contribution in [3.05, 3.63) is 66.5 Å². The van der Waals surface area contributed by atoms with Crippen molar-refractivity contribution < 1.29 is 4.39 Å². The molecule has 0 aliphatic carbocycles. The minimum atomic E-state index is -0.368. The van der Waals surface area contributed by atoms with Gasteiger partial charge in [-0.05, 0) is 38.2 Å². The number of halogens is 1. The van der Waals surface area contributed by atoms with Gasteiger partial charge < -0.3 is 20.0 Å². The molecule has 3 aromatic heterocycles. The van der Waals surface area contributed by atoms with E-state index >= 15 is 4.39 Å². The number of pyridine rings is 2. The largest absolute Gasteiger partial charge is 0.376 e. The van der Waals surface area contributed by atoms with Crippen molar-refractivity contribution in [3.8, 4) is 11.1 Å². The molecule has 0 radical (unpaired) electrons. The normalized spacial score (nSPS) is 14.3. The standard InChI is InChI=1S/C27H31FN8/c1-17-23(36-12-10-35(5)11-13-36)8-9-30-27(17)31-18(2)26-24-22(32-33-26)7-6-21(25(24)28)19-14-20(34(3)4)16-29-15-19/h6-9,14-16H,2,10-13H2,1,3-5H3,(H,30,31)(H,32,33). The fourth-order valence-electron chi connectivity index (χ4n) is 4.58. The fourth-order valence-corrected chi connectivity index (χ4v) is 4.58. The van der Waals surface area contributed by atoms with E-state index in [1.807, 2.05) is 44.1 Å². The van der Waals surface area contributed by atoms with Gasteiger partial charge in [-0.1, -0.05) is 6.58 Å². The molecule has 2 N–H and O–H groups in total. The number of nitrogens with one attached hydrogen (secondary N) is 2. The lowest BCUT2D eigenvalue weighted by atomic mass is 10.0. The average Bonchev–Trinajstić information content (AvgIpc) is 3.32. The predicted molar refractivity (Wildman–Crippen MR) is 145 cm³/mol. The number of H-pyrrole nitrogens is 1. The second kappa shape index (κ2) is 9.58. The lowest BCUT2D eigenvalue weighted by Gasteiger charge is -2.35. The van der Waals surface area contributed by atoms with Gasteiger partial charge in [-0.2, -0.15) is 5.10 Å². The van der Waals surface area contributed by atoms with E-state index in [4.69, 9.17) is 0 Å². The minimum Gasteiger partial charge on any atom is -0.376 e. The molecule has 1 aliphatic rings. The van der Waals surface area contributed by atoms with Crippen LogP contribution in [0.3, 0.4) is 0 Å². The number of aromatic amines is 1. The molecule has 0 bridgehead atoms. The van der Waals surface area contributed by atoms with Gasteiger partial charge in [-0.3, -0.25) is 10.1 Å². The maximum Gasteiger partial charge on any atom is 0.142 e. The summed E-state index contributed by atoms with van der Waals surface area (Å²) in [6.45, 7) is 10.2. The number of piperazine rings is 1. The van der Waals surface area contributed by atoms with Gasteiger partial charge in [-0.15, -0.1) is 0 Å². The Hall–Kier alpha value is -3.98. The maximum atomic E-state index is 15.9. The van der Waals surface area contributed by atoms with Gasteiger partial charge in [-0.25, -0.2) is 9.37 Å². The van der Waals surface area contributed by atoms with Crippen molar-refractivity contribution >= 4 is 33.8 Å². The van der Waals surface area contributed by atoms with E-state index in [9.17, 15) is 0 Å². The van der Waals surface area contributed by atoms with Crippen LogP contribution in [0.1, 0.15) is 11.3 Å². The van der Waals surface area contributed by atoms with E-state index in [2.05, 4.69) is 48.9 Å². The summed E-state index contributed by atoms with van der Waals surface area (Å²) in [5.74, 6) is 0.319. The molecule has 1 fully saturated rings. The van der Waals surface area contributed by atoms with E-state index in [0.29, 0.717) is 39.2 Å². The first-order valence-electron chi connectivity index (χ1n) is 12.0. The molecule has 1 saturated heterocycles. The van der Waals surface area contributed by atoms with Crippen molar-refractivity contribution in [2.24, 2.45) is 0 Å². The molecule has 186 valence electrons. The van der Waals surface area contributed by atoms with Crippen molar-refractivity contribution in [2.75, 3.05) is 62.4 Å². The maximum absolute atomic E-state index is 15.9. The number of hydrogen-bond acceptors (Lipinski definition) is 7. The van der Waals surface area contributed by atoms with Crippen LogP contribution >= 0.6 is 0 Å². The zero-order valence-electron chi connectivity index (χ0n) is 21.1. The Labute approximate surface area is 210 Å². The first kappa shape index (κ1) is 23.7. The van der Waals surface area contributed by atoms with Gasteiger partial charge in [0.1, 0.15) is 17.3 Å². The van der Waals surface area contributed by atoms with Gasteiger partial charge in [0.05, 0.1) is 28.5 Å². The van der Waals surface area contributed by atoms with Crippen LogP contribution in [0.25, 0.3) is 27.7 Å². The molecule has 0 spiro atoms. The summed E-state index contributed by atoms with van der Waals surface area (Å²) in [7, 11) is 6.00. The second-order valence-electron chi connectivity index (χ2n) is 9.45. The number of benzene rings is 1. The van der Waals surface area contributed by atoms with Crippen molar-refractivity contribution in [3.63, 3.8) is 0 Å². The Bertz CT molecular complexity index is 1420. The number of nitrogens with zero attached hydrogens (tertiary/aromatic N) is 6. The van der Waals surface area contributed by atoms with Crippen LogP contribution < -0.4 is 15.1 Å².